The van der Waals surface area contributed by atoms with Gasteiger partial charge in [-0.2, -0.15) is 0 Å². The van der Waals surface area contributed by atoms with Gasteiger partial charge in [0.1, 0.15) is 17.9 Å². The predicted octanol–water partition coefficient (Wildman–Crippen LogP) is 3.31. The van der Waals surface area contributed by atoms with Crippen molar-refractivity contribution in [2.24, 2.45) is 5.92 Å². The third-order valence-corrected chi connectivity index (χ3v) is 5.17. The summed E-state index contributed by atoms with van der Waals surface area (Å²) in [6.45, 7) is 7.66. The molecule has 0 aliphatic carbocycles. The summed E-state index contributed by atoms with van der Waals surface area (Å²) in [5.41, 5.74) is -0.770. The zero-order valence-electron chi connectivity index (χ0n) is 17.0. The highest BCUT2D eigenvalue weighted by Crippen LogP contribution is 2.32. The Labute approximate surface area is 165 Å². The summed E-state index contributed by atoms with van der Waals surface area (Å²) in [7, 11) is 0. The second-order valence-electron chi connectivity index (χ2n) is 7.88. The van der Waals surface area contributed by atoms with Crippen molar-refractivity contribution in [2.45, 2.75) is 65.0 Å². The van der Waals surface area contributed by atoms with Crippen LogP contribution in [0.25, 0.3) is 0 Å². The molecule has 0 aromatic heterocycles. The quantitative estimate of drug-likeness (QED) is 0.634. The number of halogens is 1. The van der Waals surface area contributed by atoms with Gasteiger partial charge in [-0.1, -0.05) is 45.7 Å². The van der Waals surface area contributed by atoms with Gasteiger partial charge >= 0.3 is 6.03 Å². The van der Waals surface area contributed by atoms with Crippen molar-refractivity contribution in [2.75, 3.05) is 6.54 Å². The van der Waals surface area contributed by atoms with Gasteiger partial charge in [0.2, 0.25) is 5.91 Å². The molecule has 4 amide bonds. The maximum atomic E-state index is 13.2. The molecular weight excluding hydrogens is 361 g/mol. The van der Waals surface area contributed by atoms with E-state index in [4.69, 9.17) is 0 Å². The van der Waals surface area contributed by atoms with Crippen LogP contribution in [-0.2, 0) is 15.1 Å². The average Bonchev–Trinajstić information content (AvgIpc) is 2.87. The highest BCUT2D eigenvalue weighted by molar-refractivity contribution is 6.09. The molecule has 1 heterocycles. The number of amides is 4. The number of rotatable bonds is 9. The zero-order chi connectivity index (χ0) is 20.9. The van der Waals surface area contributed by atoms with Crippen molar-refractivity contribution < 1.29 is 18.8 Å². The highest BCUT2D eigenvalue weighted by Gasteiger charge is 2.51. The summed E-state index contributed by atoms with van der Waals surface area (Å²) in [6, 6.07) is 4.83. The Bertz CT molecular complexity index is 720. The summed E-state index contributed by atoms with van der Waals surface area (Å²) in [6.07, 6.45) is 3.24. The van der Waals surface area contributed by atoms with E-state index in [1.54, 1.807) is 6.92 Å². The van der Waals surface area contributed by atoms with Crippen LogP contribution in [0.1, 0.15) is 58.9 Å². The number of nitrogens with one attached hydrogen (secondary N) is 2. The fraction of sp³-hybridized carbons (Fsp3) is 0.571. The lowest BCUT2D eigenvalue weighted by molar-refractivity contribution is -0.135. The lowest BCUT2D eigenvalue weighted by atomic mass is 9.87. The number of carbonyl (C=O) groups is 3. The lowest BCUT2D eigenvalue weighted by Crippen LogP contribution is -2.45. The van der Waals surface area contributed by atoms with Crippen molar-refractivity contribution in [1.29, 1.82) is 0 Å². The van der Waals surface area contributed by atoms with E-state index >= 15 is 0 Å². The molecule has 1 aromatic carbocycles. The van der Waals surface area contributed by atoms with Crippen LogP contribution < -0.4 is 10.6 Å². The van der Waals surface area contributed by atoms with Gasteiger partial charge in [-0.05, 0) is 43.4 Å². The molecule has 6 nitrogen and oxygen atoms in total. The van der Waals surface area contributed by atoms with Crippen LogP contribution in [0.5, 0.6) is 0 Å². The first kappa shape index (κ1) is 21.9. The Morgan fingerprint density at radius 1 is 1.18 bits per heavy atom. The Kier molecular flexibility index (Phi) is 7.16. The number of imide groups is 1. The number of urea groups is 1. The predicted molar refractivity (Wildman–Crippen MR) is 105 cm³/mol. The van der Waals surface area contributed by atoms with Gasteiger partial charge in [0.05, 0.1) is 0 Å². The number of hydrogen-bond donors (Lipinski definition) is 2. The molecule has 2 N–H and O–H groups in total. The highest BCUT2D eigenvalue weighted by atomic mass is 19.1. The second kappa shape index (κ2) is 9.17. The fourth-order valence-electron chi connectivity index (χ4n) is 3.51. The largest absolute Gasteiger partial charge is 0.352 e. The number of nitrogens with zero attached hydrogens (tertiary/aromatic N) is 1. The minimum Gasteiger partial charge on any atom is -0.352 e. The molecule has 7 heteroatoms. The SMILES string of the molecule is CC[C@@]1(c2ccc(F)cc2)NC(=O)N(CC(=O)N[C@@H](C)CCCC(C)C)C1=O. The van der Waals surface area contributed by atoms with Gasteiger partial charge in [-0.15, -0.1) is 0 Å². The first-order chi connectivity index (χ1) is 13.2. The molecule has 1 aromatic rings. The molecule has 2 atom stereocenters. The molecule has 1 saturated heterocycles. The van der Waals surface area contributed by atoms with Crippen LogP contribution in [0.4, 0.5) is 9.18 Å². The van der Waals surface area contributed by atoms with E-state index in [1.165, 1.54) is 24.3 Å². The molecule has 0 bridgehead atoms. The summed E-state index contributed by atoms with van der Waals surface area (Å²) in [5.74, 6) is -0.669. The topological polar surface area (TPSA) is 78.5 Å². The molecule has 1 fully saturated rings. The average molecular weight is 391 g/mol. The Morgan fingerprint density at radius 2 is 1.82 bits per heavy atom. The van der Waals surface area contributed by atoms with Crippen molar-refractivity contribution in [3.05, 3.63) is 35.6 Å². The summed E-state index contributed by atoms with van der Waals surface area (Å²) in [4.78, 5) is 38.7. The van der Waals surface area contributed by atoms with Crippen LogP contribution in [0.2, 0.25) is 0 Å². The molecule has 0 radical (unpaired) electrons. The molecule has 1 aliphatic rings. The normalized spacial score (nSPS) is 20.4. The maximum absolute atomic E-state index is 13.2. The van der Waals surface area contributed by atoms with E-state index in [9.17, 15) is 18.8 Å². The van der Waals surface area contributed by atoms with Gasteiger partial charge < -0.3 is 10.6 Å². The molecule has 0 unspecified atom stereocenters. The van der Waals surface area contributed by atoms with E-state index in [2.05, 4.69) is 24.5 Å². The molecule has 2 rings (SSSR count). The molecule has 28 heavy (non-hydrogen) atoms. The molecule has 1 aliphatic heterocycles. The standard InChI is InChI=1S/C21H30FN3O3/c1-5-21(16-9-11-17(22)12-10-16)19(27)25(20(28)24-21)13-18(26)23-15(4)8-6-7-14(2)3/h9-12,14-15H,5-8,13H2,1-4H3,(H,23,26)(H,24,28)/t15-,21-/m0/s1. The van der Waals surface area contributed by atoms with Crippen LogP contribution in [0.3, 0.4) is 0 Å². The van der Waals surface area contributed by atoms with Gasteiger partial charge in [0, 0.05) is 6.04 Å². The van der Waals surface area contributed by atoms with Gasteiger partial charge in [-0.25, -0.2) is 9.18 Å². The fourth-order valence-corrected chi connectivity index (χ4v) is 3.51. The minimum atomic E-state index is -1.27. The zero-order valence-corrected chi connectivity index (χ0v) is 17.0. The van der Waals surface area contributed by atoms with Gasteiger partial charge in [0.15, 0.2) is 0 Å². The first-order valence-electron chi connectivity index (χ1n) is 9.89. The van der Waals surface area contributed by atoms with Crippen molar-refractivity contribution in [3.63, 3.8) is 0 Å². The van der Waals surface area contributed by atoms with E-state index < -0.39 is 23.3 Å². The van der Waals surface area contributed by atoms with E-state index in [-0.39, 0.29) is 18.5 Å². The van der Waals surface area contributed by atoms with Crippen LogP contribution in [0.15, 0.2) is 24.3 Å². The third-order valence-electron chi connectivity index (χ3n) is 5.17. The smallest absolute Gasteiger partial charge is 0.325 e. The Balaban J connectivity index is 2.02. The molecule has 0 saturated carbocycles. The van der Waals surface area contributed by atoms with Crippen LogP contribution in [0, 0.1) is 11.7 Å². The summed E-state index contributed by atoms with van der Waals surface area (Å²) >= 11 is 0. The van der Waals surface area contributed by atoms with Crippen molar-refractivity contribution in [3.8, 4) is 0 Å². The monoisotopic (exact) mass is 391 g/mol. The van der Waals surface area contributed by atoms with E-state index in [1.807, 2.05) is 6.92 Å². The molecule has 154 valence electrons. The van der Waals surface area contributed by atoms with Crippen molar-refractivity contribution >= 4 is 17.8 Å². The van der Waals surface area contributed by atoms with E-state index in [0.29, 0.717) is 17.9 Å². The Hall–Kier alpha value is -2.44. The van der Waals surface area contributed by atoms with Gasteiger partial charge in [-0.3, -0.25) is 14.5 Å². The first-order valence-corrected chi connectivity index (χ1v) is 9.89. The Morgan fingerprint density at radius 3 is 2.39 bits per heavy atom. The number of carbonyl (C=O) groups excluding carboxylic acids is 3. The minimum absolute atomic E-state index is 0.0277. The molecular formula is C21H30FN3O3. The number of hydrogen-bond acceptors (Lipinski definition) is 3. The maximum Gasteiger partial charge on any atom is 0.325 e. The van der Waals surface area contributed by atoms with Gasteiger partial charge in [0.25, 0.3) is 5.91 Å². The summed E-state index contributed by atoms with van der Waals surface area (Å²) < 4.78 is 13.2. The lowest BCUT2D eigenvalue weighted by Gasteiger charge is -2.25. The number of benzene rings is 1. The third kappa shape index (κ3) is 4.88. The van der Waals surface area contributed by atoms with Crippen LogP contribution >= 0.6 is 0 Å². The van der Waals surface area contributed by atoms with Crippen LogP contribution in [-0.4, -0.2) is 35.3 Å². The van der Waals surface area contributed by atoms with Crippen molar-refractivity contribution in [1.82, 2.24) is 15.5 Å². The van der Waals surface area contributed by atoms with E-state index in [0.717, 1.165) is 24.2 Å². The summed E-state index contributed by atoms with van der Waals surface area (Å²) in [5, 5.41) is 5.54. The molecule has 0 spiro atoms. The second-order valence-corrected chi connectivity index (χ2v) is 7.88.